The van der Waals surface area contributed by atoms with Gasteiger partial charge in [-0.2, -0.15) is 0 Å². The summed E-state index contributed by atoms with van der Waals surface area (Å²) in [5.41, 5.74) is 0. The monoisotopic (exact) mass is 187 g/mol. The number of unbranched alkanes of at least 4 members (excludes halogenated alkanes) is 1. The molecule has 0 bridgehead atoms. The van der Waals surface area contributed by atoms with Gasteiger partial charge in [0.2, 0.25) is 0 Å². The molecule has 0 N–H and O–H groups in total. The fraction of sp³-hybridized carbons (Fsp3) is 0.900. The molecule has 3 heteroatoms. The number of carbonyl (C=O) groups excluding carboxylic acids is 1. The van der Waals surface area contributed by atoms with Crippen molar-refractivity contribution in [2.45, 2.75) is 32.6 Å². The number of hydrogen-bond donors (Lipinski definition) is 0. The molecule has 3 nitrogen and oxygen atoms in total. The van der Waals surface area contributed by atoms with E-state index in [2.05, 4.69) is 11.8 Å². The molecule has 78 valence electrons. The summed E-state index contributed by atoms with van der Waals surface area (Å²) in [5, 5.41) is 0. The molecule has 0 aromatic carbocycles. The highest BCUT2D eigenvalue weighted by Gasteiger charge is 2.01. The first kappa shape index (κ1) is 12.4. The molecular weight excluding hydrogens is 166 g/mol. The van der Waals surface area contributed by atoms with Crippen molar-refractivity contribution in [2.75, 3.05) is 27.2 Å². The second-order valence-electron chi connectivity index (χ2n) is 3.48. The Morgan fingerprint density at radius 2 is 2.00 bits per heavy atom. The Labute approximate surface area is 81.1 Å². The fourth-order valence-corrected chi connectivity index (χ4v) is 0.942. The van der Waals surface area contributed by atoms with Gasteiger partial charge in [0.25, 0.3) is 0 Å². The van der Waals surface area contributed by atoms with E-state index in [1.54, 1.807) is 0 Å². The second-order valence-corrected chi connectivity index (χ2v) is 3.48. The fourth-order valence-electron chi connectivity index (χ4n) is 0.942. The van der Waals surface area contributed by atoms with Crippen LogP contribution in [0.3, 0.4) is 0 Å². The lowest BCUT2D eigenvalue weighted by Gasteiger charge is -2.08. The number of rotatable bonds is 7. The van der Waals surface area contributed by atoms with E-state index in [9.17, 15) is 4.79 Å². The zero-order chi connectivity index (χ0) is 10.1. The van der Waals surface area contributed by atoms with Gasteiger partial charge in [-0.3, -0.25) is 4.79 Å². The normalized spacial score (nSPS) is 10.5. The van der Waals surface area contributed by atoms with Crippen molar-refractivity contribution < 1.29 is 9.53 Å². The van der Waals surface area contributed by atoms with E-state index in [-0.39, 0.29) is 5.97 Å². The molecule has 13 heavy (non-hydrogen) atoms. The Morgan fingerprint density at radius 3 is 2.54 bits per heavy atom. The Bertz CT molecular complexity index is 135. The average Bonchev–Trinajstić information content (AvgIpc) is 2.04. The zero-order valence-electron chi connectivity index (χ0n) is 9.01. The molecule has 0 atom stereocenters. The Kier molecular flexibility index (Phi) is 7.69. The first-order valence-electron chi connectivity index (χ1n) is 4.97. The molecule has 0 heterocycles. The van der Waals surface area contributed by atoms with Gasteiger partial charge in [0.15, 0.2) is 0 Å². The molecule has 0 aliphatic carbocycles. The number of carbonyl (C=O) groups is 1. The first-order chi connectivity index (χ1) is 6.16. The van der Waals surface area contributed by atoms with Crippen molar-refractivity contribution in [3.8, 4) is 0 Å². The molecule has 0 rings (SSSR count). The van der Waals surface area contributed by atoms with E-state index in [1.807, 2.05) is 14.1 Å². The summed E-state index contributed by atoms with van der Waals surface area (Å²) < 4.78 is 5.01. The molecule has 0 saturated heterocycles. The standard InChI is InChI=1S/C10H21NO2/c1-4-5-9-13-10(12)7-6-8-11(2)3/h4-9H2,1-3H3. The van der Waals surface area contributed by atoms with Crippen LogP contribution in [0.25, 0.3) is 0 Å². The molecule has 0 saturated carbocycles. The lowest BCUT2D eigenvalue weighted by atomic mass is 10.3. The summed E-state index contributed by atoms with van der Waals surface area (Å²) in [6.07, 6.45) is 3.48. The predicted octanol–water partition coefficient (Wildman–Crippen LogP) is 1.67. The van der Waals surface area contributed by atoms with Crippen LogP contribution in [-0.2, 0) is 9.53 Å². The van der Waals surface area contributed by atoms with Crippen LogP contribution < -0.4 is 0 Å². The Morgan fingerprint density at radius 1 is 1.31 bits per heavy atom. The molecule has 0 spiro atoms. The van der Waals surface area contributed by atoms with Gasteiger partial charge in [0.05, 0.1) is 6.61 Å². The molecule has 0 radical (unpaired) electrons. The maximum absolute atomic E-state index is 11.1. The van der Waals surface area contributed by atoms with E-state index < -0.39 is 0 Å². The maximum atomic E-state index is 11.1. The van der Waals surface area contributed by atoms with Gasteiger partial charge in [-0.25, -0.2) is 0 Å². The summed E-state index contributed by atoms with van der Waals surface area (Å²) >= 11 is 0. The third kappa shape index (κ3) is 9.34. The molecule has 0 aromatic rings. The third-order valence-electron chi connectivity index (χ3n) is 1.75. The number of esters is 1. The summed E-state index contributed by atoms with van der Waals surface area (Å²) in [6.45, 7) is 3.61. The molecule has 0 aliphatic rings. The van der Waals surface area contributed by atoms with Crippen LogP contribution in [0.15, 0.2) is 0 Å². The molecule has 0 aromatic heterocycles. The van der Waals surface area contributed by atoms with Crippen LogP contribution >= 0.6 is 0 Å². The quantitative estimate of drug-likeness (QED) is 0.448. The zero-order valence-corrected chi connectivity index (χ0v) is 9.01. The van der Waals surface area contributed by atoms with Gasteiger partial charge in [-0.1, -0.05) is 13.3 Å². The van der Waals surface area contributed by atoms with E-state index >= 15 is 0 Å². The van der Waals surface area contributed by atoms with E-state index in [4.69, 9.17) is 4.74 Å². The summed E-state index contributed by atoms with van der Waals surface area (Å²) in [6, 6.07) is 0. The number of ether oxygens (including phenoxy) is 1. The minimum atomic E-state index is -0.0599. The number of nitrogens with zero attached hydrogens (tertiary/aromatic N) is 1. The minimum Gasteiger partial charge on any atom is -0.466 e. The molecule has 0 aliphatic heterocycles. The predicted molar refractivity (Wildman–Crippen MR) is 53.7 cm³/mol. The summed E-state index contributed by atoms with van der Waals surface area (Å²) in [7, 11) is 4.00. The Hall–Kier alpha value is -0.570. The summed E-state index contributed by atoms with van der Waals surface area (Å²) in [5.74, 6) is -0.0599. The lowest BCUT2D eigenvalue weighted by molar-refractivity contribution is -0.143. The van der Waals surface area contributed by atoms with Gasteiger partial charge in [-0.05, 0) is 33.5 Å². The van der Waals surface area contributed by atoms with Crippen LogP contribution in [0.2, 0.25) is 0 Å². The van der Waals surface area contributed by atoms with Crippen LogP contribution in [0, 0.1) is 0 Å². The lowest BCUT2D eigenvalue weighted by Crippen LogP contribution is -2.15. The summed E-state index contributed by atoms with van der Waals surface area (Å²) in [4.78, 5) is 13.1. The van der Waals surface area contributed by atoms with E-state index in [0.717, 1.165) is 25.8 Å². The van der Waals surface area contributed by atoms with Crippen LogP contribution in [-0.4, -0.2) is 38.1 Å². The van der Waals surface area contributed by atoms with Gasteiger partial charge >= 0.3 is 5.97 Å². The van der Waals surface area contributed by atoms with Crippen molar-refractivity contribution in [2.24, 2.45) is 0 Å². The van der Waals surface area contributed by atoms with Crippen LogP contribution in [0.4, 0.5) is 0 Å². The van der Waals surface area contributed by atoms with Crippen molar-refractivity contribution in [1.29, 1.82) is 0 Å². The van der Waals surface area contributed by atoms with Gasteiger partial charge in [0, 0.05) is 6.42 Å². The second kappa shape index (κ2) is 8.05. The Balaban J connectivity index is 3.20. The van der Waals surface area contributed by atoms with Gasteiger partial charge in [0.1, 0.15) is 0 Å². The minimum absolute atomic E-state index is 0.0599. The molecule has 0 unspecified atom stereocenters. The highest BCUT2D eigenvalue weighted by molar-refractivity contribution is 5.69. The highest BCUT2D eigenvalue weighted by Crippen LogP contribution is 1.96. The van der Waals surface area contributed by atoms with Crippen LogP contribution in [0.5, 0.6) is 0 Å². The van der Waals surface area contributed by atoms with Crippen LogP contribution in [0.1, 0.15) is 32.6 Å². The smallest absolute Gasteiger partial charge is 0.305 e. The molecular formula is C10H21NO2. The van der Waals surface area contributed by atoms with Crippen molar-refractivity contribution in [1.82, 2.24) is 4.90 Å². The van der Waals surface area contributed by atoms with E-state index in [0.29, 0.717) is 13.0 Å². The largest absolute Gasteiger partial charge is 0.466 e. The highest BCUT2D eigenvalue weighted by atomic mass is 16.5. The maximum Gasteiger partial charge on any atom is 0.305 e. The van der Waals surface area contributed by atoms with Crippen molar-refractivity contribution in [3.05, 3.63) is 0 Å². The van der Waals surface area contributed by atoms with Crippen molar-refractivity contribution >= 4 is 5.97 Å². The van der Waals surface area contributed by atoms with Gasteiger partial charge < -0.3 is 9.64 Å². The first-order valence-corrected chi connectivity index (χ1v) is 4.97. The SMILES string of the molecule is CCCCOC(=O)CCCN(C)C. The third-order valence-corrected chi connectivity index (χ3v) is 1.75. The molecule has 0 fully saturated rings. The molecule has 0 amide bonds. The van der Waals surface area contributed by atoms with E-state index in [1.165, 1.54) is 0 Å². The van der Waals surface area contributed by atoms with Gasteiger partial charge in [-0.15, -0.1) is 0 Å². The number of hydrogen-bond acceptors (Lipinski definition) is 3. The van der Waals surface area contributed by atoms with Crippen molar-refractivity contribution in [3.63, 3.8) is 0 Å². The topological polar surface area (TPSA) is 29.5 Å². The average molecular weight is 187 g/mol.